The summed E-state index contributed by atoms with van der Waals surface area (Å²) in [5, 5.41) is 0. The lowest BCUT2D eigenvalue weighted by molar-refractivity contribution is -0.111. The monoisotopic (exact) mass is 150 g/mol. The molecule has 0 saturated carbocycles. The van der Waals surface area contributed by atoms with E-state index in [9.17, 15) is 4.79 Å². The molecule has 0 spiro atoms. The van der Waals surface area contributed by atoms with Crippen molar-refractivity contribution in [3.05, 3.63) is 17.7 Å². The lowest BCUT2D eigenvalue weighted by Crippen LogP contribution is -2.14. The van der Waals surface area contributed by atoms with Gasteiger partial charge in [-0.2, -0.15) is 0 Å². The highest BCUT2D eigenvalue weighted by Gasteiger charge is 2.19. The Labute approximate surface area is 64.8 Å². The maximum absolute atomic E-state index is 10.5. The van der Waals surface area contributed by atoms with Gasteiger partial charge in [0.05, 0.1) is 12.0 Å². The third-order valence-corrected chi connectivity index (χ3v) is 2.22. The molecule has 58 valence electrons. The molecule has 0 aliphatic heterocycles. The molecular weight excluding hydrogens is 140 g/mol. The van der Waals surface area contributed by atoms with Crippen molar-refractivity contribution in [1.82, 2.24) is 9.97 Å². The zero-order valence-corrected chi connectivity index (χ0v) is 6.21. The molecule has 1 atom stereocenters. The summed E-state index contributed by atoms with van der Waals surface area (Å²) < 4.78 is 0. The lowest BCUT2D eigenvalue weighted by atomic mass is 9.91. The number of aromatic amines is 1. The van der Waals surface area contributed by atoms with Gasteiger partial charge in [0.15, 0.2) is 0 Å². The van der Waals surface area contributed by atoms with Gasteiger partial charge in [-0.1, -0.05) is 0 Å². The maximum Gasteiger partial charge on any atom is 0.123 e. The van der Waals surface area contributed by atoms with E-state index in [1.807, 2.05) is 0 Å². The zero-order valence-electron chi connectivity index (χ0n) is 6.21. The van der Waals surface area contributed by atoms with Crippen LogP contribution in [-0.4, -0.2) is 16.3 Å². The summed E-state index contributed by atoms with van der Waals surface area (Å²) >= 11 is 0. The highest BCUT2D eigenvalue weighted by molar-refractivity contribution is 5.55. The first-order valence-electron chi connectivity index (χ1n) is 3.86. The molecule has 0 radical (unpaired) electrons. The van der Waals surface area contributed by atoms with Crippen molar-refractivity contribution in [3.8, 4) is 0 Å². The minimum Gasteiger partial charge on any atom is -0.348 e. The van der Waals surface area contributed by atoms with Crippen LogP contribution in [0.25, 0.3) is 0 Å². The number of aldehydes is 1. The molecule has 1 aromatic rings. The van der Waals surface area contributed by atoms with Crippen LogP contribution in [0, 0.1) is 5.92 Å². The highest BCUT2D eigenvalue weighted by Crippen LogP contribution is 2.20. The van der Waals surface area contributed by atoms with E-state index < -0.39 is 0 Å². The Bertz CT molecular complexity index is 267. The second-order valence-corrected chi connectivity index (χ2v) is 2.97. The fourth-order valence-corrected chi connectivity index (χ4v) is 1.54. The van der Waals surface area contributed by atoms with Gasteiger partial charge in [0, 0.05) is 18.0 Å². The number of carbonyl (C=O) groups excluding carboxylic acids is 1. The molecular formula is C8H10N2O. The second kappa shape index (κ2) is 2.49. The minimum atomic E-state index is 0.200. The highest BCUT2D eigenvalue weighted by atomic mass is 16.1. The summed E-state index contributed by atoms with van der Waals surface area (Å²) in [7, 11) is 0. The average Bonchev–Trinajstić information content (AvgIpc) is 2.50. The van der Waals surface area contributed by atoms with Crippen LogP contribution in [0.2, 0.25) is 0 Å². The fourth-order valence-electron chi connectivity index (χ4n) is 1.54. The van der Waals surface area contributed by atoms with E-state index in [1.165, 1.54) is 5.69 Å². The molecule has 11 heavy (non-hydrogen) atoms. The topological polar surface area (TPSA) is 45.8 Å². The average molecular weight is 150 g/mol. The first-order valence-corrected chi connectivity index (χ1v) is 3.86. The predicted molar refractivity (Wildman–Crippen MR) is 40.2 cm³/mol. The van der Waals surface area contributed by atoms with Crippen molar-refractivity contribution < 1.29 is 4.79 Å². The number of carbonyl (C=O) groups is 1. The van der Waals surface area contributed by atoms with Crippen LogP contribution in [0.15, 0.2) is 6.33 Å². The summed E-state index contributed by atoms with van der Waals surface area (Å²) in [5.41, 5.74) is 2.29. The molecule has 1 aromatic heterocycles. The van der Waals surface area contributed by atoms with Gasteiger partial charge >= 0.3 is 0 Å². The van der Waals surface area contributed by atoms with Gasteiger partial charge in [-0.05, 0) is 12.8 Å². The first kappa shape index (κ1) is 6.58. The number of nitrogens with zero attached hydrogens (tertiary/aromatic N) is 1. The van der Waals surface area contributed by atoms with Crippen molar-refractivity contribution in [2.75, 3.05) is 0 Å². The standard InChI is InChI=1S/C8H10N2O/c11-4-6-1-2-7-8(3-6)10-5-9-7/h4-6H,1-3H2,(H,9,10)/t6-/m1/s1. The van der Waals surface area contributed by atoms with Gasteiger partial charge in [-0.3, -0.25) is 0 Å². The van der Waals surface area contributed by atoms with Crippen molar-refractivity contribution >= 4 is 6.29 Å². The van der Waals surface area contributed by atoms with Crippen LogP contribution in [-0.2, 0) is 17.6 Å². The number of hydrogen-bond acceptors (Lipinski definition) is 2. The molecule has 1 aliphatic carbocycles. The molecule has 1 aliphatic rings. The molecule has 3 heteroatoms. The third kappa shape index (κ3) is 1.06. The van der Waals surface area contributed by atoms with Gasteiger partial charge in [0.2, 0.25) is 0 Å². The number of imidazole rings is 1. The molecule has 0 amide bonds. The number of nitrogens with one attached hydrogen (secondary N) is 1. The van der Waals surface area contributed by atoms with E-state index in [2.05, 4.69) is 9.97 Å². The summed E-state index contributed by atoms with van der Waals surface area (Å²) in [6.07, 6.45) is 5.51. The summed E-state index contributed by atoms with van der Waals surface area (Å²) in [6.45, 7) is 0. The SMILES string of the molecule is O=C[C@@H]1CCc2[nH]cnc2C1. The van der Waals surface area contributed by atoms with E-state index in [4.69, 9.17) is 0 Å². The van der Waals surface area contributed by atoms with Gasteiger partial charge in [-0.15, -0.1) is 0 Å². The van der Waals surface area contributed by atoms with Gasteiger partial charge in [-0.25, -0.2) is 4.98 Å². The molecule has 2 rings (SSSR count). The molecule has 1 N–H and O–H groups in total. The minimum absolute atomic E-state index is 0.200. The van der Waals surface area contributed by atoms with Crippen LogP contribution >= 0.6 is 0 Å². The molecule has 0 unspecified atom stereocenters. The first-order chi connectivity index (χ1) is 5.40. The number of aryl methyl sites for hydroxylation is 1. The third-order valence-electron chi connectivity index (χ3n) is 2.22. The fraction of sp³-hybridized carbons (Fsp3) is 0.500. The van der Waals surface area contributed by atoms with Gasteiger partial charge in [0.1, 0.15) is 6.29 Å². The quantitative estimate of drug-likeness (QED) is 0.599. The molecule has 0 saturated heterocycles. The molecule has 1 heterocycles. The van der Waals surface area contributed by atoms with Crippen molar-refractivity contribution in [2.45, 2.75) is 19.3 Å². The Kier molecular flexibility index (Phi) is 1.49. The molecule has 0 fully saturated rings. The Morgan fingerprint density at radius 1 is 1.73 bits per heavy atom. The summed E-state index contributed by atoms with van der Waals surface area (Å²) in [4.78, 5) is 17.7. The maximum atomic E-state index is 10.5. The van der Waals surface area contributed by atoms with E-state index in [-0.39, 0.29) is 5.92 Å². The lowest BCUT2D eigenvalue weighted by Gasteiger charge is -2.14. The predicted octanol–water partition coefficient (Wildman–Crippen LogP) is 0.714. The molecule has 0 bridgehead atoms. The van der Waals surface area contributed by atoms with E-state index in [0.717, 1.165) is 31.2 Å². The molecule has 3 nitrogen and oxygen atoms in total. The largest absolute Gasteiger partial charge is 0.348 e. The zero-order chi connectivity index (χ0) is 7.68. The second-order valence-electron chi connectivity index (χ2n) is 2.97. The van der Waals surface area contributed by atoms with Crippen molar-refractivity contribution in [2.24, 2.45) is 5.92 Å². The van der Waals surface area contributed by atoms with Gasteiger partial charge < -0.3 is 9.78 Å². The van der Waals surface area contributed by atoms with Gasteiger partial charge in [0.25, 0.3) is 0 Å². The Balaban J connectivity index is 2.24. The van der Waals surface area contributed by atoms with Crippen LogP contribution < -0.4 is 0 Å². The van der Waals surface area contributed by atoms with E-state index in [0.29, 0.717) is 0 Å². The Morgan fingerprint density at radius 2 is 2.64 bits per heavy atom. The van der Waals surface area contributed by atoms with E-state index >= 15 is 0 Å². The van der Waals surface area contributed by atoms with Crippen LogP contribution in [0.1, 0.15) is 17.8 Å². The normalized spacial score (nSPS) is 22.7. The summed E-state index contributed by atoms with van der Waals surface area (Å²) in [5.74, 6) is 0.200. The summed E-state index contributed by atoms with van der Waals surface area (Å²) in [6, 6.07) is 0. The number of fused-ring (bicyclic) bond motifs is 1. The van der Waals surface area contributed by atoms with Crippen LogP contribution in [0.4, 0.5) is 0 Å². The molecule has 0 aromatic carbocycles. The van der Waals surface area contributed by atoms with Crippen LogP contribution in [0.3, 0.4) is 0 Å². The van der Waals surface area contributed by atoms with Crippen LogP contribution in [0.5, 0.6) is 0 Å². The van der Waals surface area contributed by atoms with Crippen molar-refractivity contribution in [3.63, 3.8) is 0 Å². The smallest absolute Gasteiger partial charge is 0.123 e. The Morgan fingerprint density at radius 3 is 3.45 bits per heavy atom. The van der Waals surface area contributed by atoms with E-state index in [1.54, 1.807) is 6.33 Å². The van der Waals surface area contributed by atoms with Crippen molar-refractivity contribution in [1.29, 1.82) is 0 Å². The number of H-pyrrole nitrogens is 1. The number of hydrogen-bond donors (Lipinski definition) is 1. The number of aromatic nitrogens is 2. The number of rotatable bonds is 1. The Hall–Kier alpha value is -1.12.